The van der Waals surface area contributed by atoms with Crippen molar-refractivity contribution in [2.75, 3.05) is 0 Å². The van der Waals surface area contributed by atoms with Crippen LogP contribution < -0.4 is 4.52 Å². The molecule has 2 heterocycles. The molecule has 4 nitrogen and oxygen atoms in total. The lowest BCUT2D eigenvalue weighted by atomic mass is 10.3. The summed E-state index contributed by atoms with van der Waals surface area (Å²) < 4.78 is 1.78. The summed E-state index contributed by atoms with van der Waals surface area (Å²) in [5.74, 6) is 0.726. The van der Waals surface area contributed by atoms with Gasteiger partial charge in [-0.2, -0.15) is 0 Å². The molecule has 0 saturated carbocycles. The van der Waals surface area contributed by atoms with E-state index in [9.17, 15) is 0 Å². The third-order valence-corrected chi connectivity index (χ3v) is 1.61. The molecule has 0 aliphatic carbocycles. The fourth-order valence-electron chi connectivity index (χ4n) is 0.984. The Hall–Kier alpha value is -1.45. The summed E-state index contributed by atoms with van der Waals surface area (Å²) in [7, 11) is 0. The molecule has 11 heavy (non-hydrogen) atoms. The fraction of sp³-hybridized carbons (Fsp3) is 0.286. The SMILES string of the molecule is CCc1cc[n+]2[nH]cnc2n1. The lowest BCUT2D eigenvalue weighted by Crippen LogP contribution is -2.23. The first kappa shape index (κ1) is 6.27. The molecule has 0 fully saturated rings. The minimum Gasteiger partial charge on any atom is -0.217 e. The van der Waals surface area contributed by atoms with Gasteiger partial charge in [-0.25, -0.2) is 5.10 Å². The van der Waals surface area contributed by atoms with E-state index < -0.39 is 0 Å². The van der Waals surface area contributed by atoms with Gasteiger partial charge in [0.05, 0.1) is 6.20 Å². The molecule has 4 heteroatoms. The van der Waals surface area contributed by atoms with Gasteiger partial charge in [-0.3, -0.25) is 0 Å². The summed E-state index contributed by atoms with van der Waals surface area (Å²) in [5, 5.41) is 2.91. The van der Waals surface area contributed by atoms with Crippen LogP contribution in [0.3, 0.4) is 0 Å². The van der Waals surface area contributed by atoms with E-state index in [0.29, 0.717) is 0 Å². The van der Waals surface area contributed by atoms with Crippen LogP contribution in [0.1, 0.15) is 12.6 Å². The molecule has 0 aliphatic rings. The molecule has 2 rings (SSSR count). The summed E-state index contributed by atoms with van der Waals surface area (Å²) in [6, 6.07) is 1.98. The van der Waals surface area contributed by atoms with Gasteiger partial charge in [0, 0.05) is 12.5 Å². The van der Waals surface area contributed by atoms with Crippen LogP contribution in [0.4, 0.5) is 0 Å². The molecule has 0 radical (unpaired) electrons. The van der Waals surface area contributed by atoms with Crippen molar-refractivity contribution in [2.24, 2.45) is 0 Å². The smallest absolute Gasteiger partial charge is 0.217 e. The topological polar surface area (TPSA) is 45.7 Å². The number of hydrogen-bond acceptors (Lipinski definition) is 2. The molecule has 56 valence electrons. The molecule has 0 saturated heterocycles. The Balaban J connectivity index is 2.67. The van der Waals surface area contributed by atoms with E-state index in [2.05, 4.69) is 22.0 Å². The Morgan fingerprint density at radius 1 is 1.64 bits per heavy atom. The number of hydrogen-bond donors (Lipinski definition) is 1. The maximum Gasteiger partial charge on any atom is 0.456 e. The molecule has 2 aromatic rings. The standard InChI is InChI=1S/C7H8N4/c1-2-6-3-4-11-7(10-6)8-5-9-11/h3-5H,2H2,1H3/p+1. The third kappa shape index (κ3) is 0.960. The number of aromatic amines is 1. The van der Waals surface area contributed by atoms with Crippen molar-refractivity contribution in [1.29, 1.82) is 0 Å². The summed E-state index contributed by atoms with van der Waals surface area (Å²) in [6.07, 6.45) is 4.50. The van der Waals surface area contributed by atoms with Crippen molar-refractivity contribution in [3.05, 3.63) is 24.3 Å². The summed E-state index contributed by atoms with van der Waals surface area (Å²) in [5.41, 5.74) is 1.07. The minimum absolute atomic E-state index is 0.726. The zero-order chi connectivity index (χ0) is 7.68. The summed E-state index contributed by atoms with van der Waals surface area (Å²) in [6.45, 7) is 2.07. The molecular formula is C7H9N4+. The zero-order valence-corrected chi connectivity index (χ0v) is 6.28. The van der Waals surface area contributed by atoms with Gasteiger partial charge in [-0.15, -0.1) is 4.52 Å². The van der Waals surface area contributed by atoms with Crippen LogP contribution in [-0.4, -0.2) is 15.1 Å². The van der Waals surface area contributed by atoms with E-state index in [-0.39, 0.29) is 0 Å². The van der Waals surface area contributed by atoms with Gasteiger partial charge in [0.25, 0.3) is 0 Å². The maximum absolute atomic E-state index is 4.27. The van der Waals surface area contributed by atoms with E-state index in [1.807, 2.05) is 12.3 Å². The molecule has 2 aromatic heterocycles. The molecule has 0 aliphatic heterocycles. The van der Waals surface area contributed by atoms with Crippen LogP contribution in [0.15, 0.2) is 18.6 Å². The van der Waals surface area contributed by atoms with Gasteiger partial charge in [-0.1, -0.05) is 16.9 Å². The quantitative estimate of drug-likeness (QED) is 0.585. The van der Waals surface area contributed by atoms with Gasteiger partial charge in [0.1, 0.15) is 5.69 Å². The second kappa shape index (κ2) is 2.30. The van der Waals surface area contributed by atoms with Crippen molar-refractivity contribution >= 4 is 5.78 Å². The highest BCUT2D eigenvalue weighted by Crippen LogP contribution is 1.92. The first-order valence-electron chi connectivity index (χ1n) is 3.61. The van der Waals surface area contributed by atoms with E-state index in [1.54, 1.807) is 10.8 Å². The molecule has 0 spiro atoms. The number of nitrogens with one attached hydrogen (secondary N) is 1. The minimum atomic E-state index is 0.726. The van der Waals surface area contributed by atoms with E-state index >= 15 is 0 Å². The zero-order valence-electron chi connectivity index (χ0n) is 6.28. The Bertz CT molecular complexity index is 365. The van der Waals surface area contributed by atoms with Crippen LogP contribution in [0.2, 0.25) is 0 Å². The van der Waals surface area contributed by atoms with Crippen molar-refractivity contribution < 1.29 is 4.52 Å². The van der Waals surface area contributed by atoms with Gasteiger partial charge in [0.2, 0.25) is 0 Å². The second-order valence-electron chi connectivity index (χ2n) is 2.33. The average Bonchev–Trinajstić information content (AvgIpc) is 2.50. The number of nitrogens with zero attached hydrogens (tertiary/aromatic N) is 3. The van der Waals surface area contributed by atoms with Crippen molar-refractivity contribution in [1.82, 2.24) is 15.1 Å². The Labute approximate surface area is 63.9 Å². The summed E-state index contributed by atoms with van der Waals surface area (Å²) in [4.78, 5) is 8.30. The molecule has 0 unspecified atom stereocenters. The highest BCUT2D eigenvalue weighted by Gasteiger charge is 2.05. The van der Waals surface area contributed by atoms with Gasteiger partial charge < -0.3 is 0 Å². The molecular weight excluding hydrogens is 140 g/mol. The van der Waals surface area contributed by atoms with Crippen LogP contribution >= 0.6 is 0 Å². The number of aromatic nitrogens is 4. The number of rotatable bonds is 1. The predicted molar refractivity (Wildman–Crippen MR) is 38.9 cm³/mol. The third-order valence-electron chi connectivity index (χ3n) is 1.61. The number of H-pyrrole nitrogens is 1. The van der Waals surface area contributed by atoms with Crippen LogP contribution in [0, 0.1) is 0 Å². The molecule has 1 N–H and O–H groups in total. The Kier molecular flexibility index (Phi) is 1.31. The normalized spacial score (nSPS) is 10.6. The van der Waals surface area contributed by atoms with Gasteiger partial charge in [0.15, 0.2) is 6.33 Å². The second-order valence-corrected chi connectivity index (χ2v) is 2.33. The highest BCUT2D eigenvalue weighted by atomic mass is 15.3. The fourth-order valence-corrected chi connectivity index (χ4v) is 0.984. The van der Waals surface area contributed by atoms with Crippen LogP contribution in [0.5, 0.6) is 0 Å². The van der Waals surface area contributed by atoms with Crippen molar-refractivity contribution in [3.8, 4) is 0 Å². The lowest BCUT2D eigenvalue weighted by Gasteiger charge is -1.85. The van der Waals surface area contributed by atoms with Crippen LogP contribution in [-0.2, 0) is 6.42 Å². The lowest BCUT2D eigenvalue weighted by molar-refractivity contribution is -0.579. The number of aryl methyl sites for hydroxylation is 1. The maximum atomic E-state index is 4.27. The van der Waals surface area contributed by atoms with Crippen molar-refractivity contribution in [2.45, 2.75) is 13.3 Å². The first-order valence-corrected chi connectivity index (χ1v) is 3.61. The van der Waals surface area contributed by atoms with Gasteiger partial charge >= 0.3 is 5.78 Å². The number of fused-ring (bicyclic) bond motifs is 1. The monoisotopic (exact) mass is 149 g/mol. The van der Waals surface area contributed by atoms with E-state index in [4.69, 9.17) is 0 Å². The Morgan fingerprint density at radius 2 is 2.55 bits per heavy atom. The Morgan fingerprint density at radius 3 is 3.36 bits per heavy atom. The van der Waals surface area contributed by atoms with E-state index in [0.717, 1.165) is 17.9 Å². The van der Waals surface area contributed by atoms with Gasteiger partial charge in [-0.05, 0) is 0 Å². The van der Waals surface area contributed by atoms with Crippen molar-refractivity contribution in [3.63, 3.8) is 0 Å². The molecule has 0 atom stereocenters. The highest BCUT2D eigenvalue weighted by molar-refractivity contribution is 5.15. The first-order chi connectivity index (χ1) is 5.40. The molecule has 0 amide bonds. The van der Waals surface area contributed by atoms with E-state index in [1.165, 1.54) is 0 Å². The molecule has 0 aromatic carbocycles. The largest absolute Gasteiger partial charge is 0.456 e. The van der Waals surface area contributed by atoms with Crippen LogP contribution in [0.25, 0.3) is 5.78 Å². The average molecular weight is 149 g/mol. The predicted octanol–water partition coefficient (Wildman–Crippen LogP) is 0.106. The molecule has 0 bridgehead atoms. The summed E-state index contributed by atoms with van der Waals surface area (Å²) >= 11 is 0.